The van der Waals surface area contributed by atoms with E-state index in [1.807, 2.05) is 30.3 Å². The Labute approximate surface area is 209 Å². The first kappa shape index (κ1) is 24.1. The average Bonchev–Trinajstić information content (AvgIpc) is 2.83. The number of nitrogens with one attached hydrogen (secondary N) is 3. The smallest absolute Gasteiger partial charge is 0.231 e. The number of aromatic nitrogens is 2. The van der Waals surface area contributed by atoms with Crippen LogP contribution in [0.5, 0.6) is 0 Å². The molecule has 0 spiro atoms. The van der Waals surface area contributed by atoms with Gasteiger partial charge in [0.05, 0.1) is 22.5 Å². The zero-order chi connectivity index (χ0) is 24.6. The van der Waals surface area contributed by atoms with Crippen LogP contribution in [0.25, 0.3) is 0 Å². The molecule has 0 aliphatic heterocycles. The van der Waals surface area contributed by atoms with Crippen LogP contribution in [0, 0.1) is 11.6 Å². The summed E-state index contributed by atoms with van der Waals surface area (Å²) >= 11 is 12.1. The second kappa shape index (κ2) is 11.4. The Hall–Kier alpha value is -4.08. The van der Waals surface area contributed by atoms with E-state index in [0.717, 1.165) is 5.69 Å². The normalized spacial score (nSPS) is 11.2. The van der Waals surface area contributed by atoms with Crippen LogP contribution in [0.4, 0.5) is 32.1 Å². The summed E-state index contributed by atoms with van der Waals surface area (Å²) in [6.45, 7) is 0. The number of benzene rings is 3. The summed E-state index contributed by atoms with van der Waals surface area (Å²) in [6, 6.07) is 19.5. The van der Waals surface area contributed by atoms with Crippen LogP contribution < -0.4 is 16.2 Å². The monoisotopic (exact) mass is 511 g/mol. The fourth-order valence-electron chi connectivity index (χ4n) is 2.86. The van der Waals surface area contributed by atoms with E-state index in [1.165, 1.54) is 42.8 Å². The van der Waals surface area contributed by atoms with Crippen molar-refractivity contribution in [3.63, 3.8) is 0 Å². The zero-order valence-corrected chi connectivity index (χ0v) is 19.4. The predicted octanol–water partition coefficient (Wildman–Crippen LogP) is 6.70. The maximum absolute atomic E-state index is 14.0. The second-order valence-corrected chi connectivity index (χ2v) is 7.78. The standard InChI is InChI=1S/C24H17Cl2F2N7/c25-18-8-4-10-20(27)16(18)13-29-34-22-12-23(33-24(32-22)31-15-6-2-1-3-7-15)35-30-14-17-19(26)9-5-11-21(17)28/h1-14H,(H3,31,32,33,34,35). The van der Waals surface area contributed by atoms with Crippen LogP contribution in [0.15, 0.2) is 83.0 Å². The van der Waals surface area contributed by atoms with Crippen molar-refractivity contribution in [2.45, 2.75) is 0 Å². The molecule has 3 aromatic carbocycles. The second-order valence-electron chi connectivity index (χ2n) is 6.96. The highest BCUT2D eigenvalue weighted by Crippen LogP contribution is 2.20. The van der Waals surface area contributed by atoms with Crippen LogP contribution in [0.1, 0.15) is 11.1 Å². The molecule has 4 aromatic rings. The van der Waals surface area contributed by atoms with Gasteiger partial charge >= 0.3 is 0 Å². The van der Waals surface area contributed by atoms with Crippen LogP contribution in [-0.4, -0.2) is 22.4 Å². The quantitative estimate of drug-likeness (QED) is 0.181. The third-order valence-electron chi connectivity index (χ3n) is 4.50. The Morgan fingerprint density at radius 2 is 1.20 bits per heavy atom. The molecule has 1 heterocycles. The van der Waals surface area contributed by atoms with E-state index < -0.39 is 11.6 Å². The number of para-hydroxylation sites is 1. The van der Waals surface area contributed by atoms with Crippen molar-refractivity contribution in [2.24, 2.45) is 10.2 Å². The highest BCUT2D eigenvalue weighted by Gasteiger charge is 2.07. The lowest BCUT2D eigenvalue weighted by Crippen LogP contribution is -2.04. The van der Waals surface area contributed by atoms with E-state index in [0.29, 0.717) is 0 Å². The molecule has 7 nitrogen and oxygen atoms in total. The fourth-order valence-corrected chi connectivity index (χ4v) is 3.29. The van der Waals surface area contributed by atoms with E-state index in [9.17, 15) is 8.78 Å². The van der Waals surface area contributed by atoms with Gasteiger partial charge in [0.2, 0.25) is 5.95 Å². The number of rotatable bonds is 8. The maximum Gasteiger partial charge on any atom is 0.231 e. The average molecular weight is 512 g/mol. The Morgan fingerprint density at radius 1 is 0.686 bits per heavy atom. The third kappa shape index (κ3) is 6.50. The zero-order valence-electron chi connectivity index (χ0n) is 17.9. The molecule has 11 heteroatoms. The highest BCUT2D eigenvalue weighted by atomic mass is 35.5. The van der Waals surface area contributed by atoms with Gasteiger partial charge in [0, 0.05) is 22.9 Å². The molecule has 35 heavy (non-hydrogen) atoms. The van der Waals surface area contributed by atoms with Gasteiger partial charge in [-0.1, -0.05) is 53.5 Å². The largest absolute Gasteiger partial charge is 0.324 e. The number of hydrogen-bond donors (Lipinski definition) is 3. The van der Waals surface area contributed by atoms with Gasteiger partial charge in [-0.3, -0.25) is 10.9 Å². The van der Waals surface area contributed by atoms with Gasteiger partial charge in [-0.05, 0) is 36.4 Å². The number of anilines is 4. The molecule has 0 fully saturated rings. The van der Waals surface area contributed by atoms with E-state index in [2.05, 4.69) is 36.3 Å². The van der Waals surface area contributed by atoms with Gasteiger partial charge < -0.3 is 5.32 Å². The third-order valence-corrected chi connectivity index (χ3v) is 5.16. The predicted molar refractivity (Wildman–Crippen MR) is 137 cm³/mol. The van der Waals surface area contributed by atoms with Crippen LogP contribution in [0.2, 0.25) is 10.0 Å². The maximum atomic E-state index is 14.0. The highest BCUT2D eigenvalue weighted by molar-refractivity contribution is 6.33. The minimum absolute atomic E-state index is 0.128. The number of halogens is 4. The first-order valence-electron chi connectivity index (χ1n) is 10.2. The van der Waals surface area contributed by atoms with Crippen molar-refractivity contribution < 1.29 is 8.78 Å². The van der Waals surface area contributed by atoms with Gasteiger partial charge in [-0.25, -0.2) is 8.78 Å². The van der Waals surface area contributed by atoms with Crippen molar-refractivity contribution in [3.05, 3.63) is 106 Å². The first-order valence-corrected chi connectivity index (χ1v) is 10.9. The Morgan fingerprint density at radius 3 is 1.69 bits per heavy atom. The summed E-state index contributed by atoms with van der Waals surface area (Å²) in [7, 11) is 0. The lowest BCUT2D eigenvalue weighted by molar-refractivity contribution is 0.625. The Kier molecular flexibility index (Phi) is 7.81. The molecule has 0 unspecified atom stereocenters. The molecular formula is C24H17Cl2F2N7. The Balaban J connectivity index is 1.57. The number of hydrazone groups is 2. The van der Waals surface area contributed by atoms with Crippen molar-refractivity contribution >= 4 is 58.9 Å². The molecule has 0 saturated heterocycles. The summed E-state index contributed by atoms with van der Waals surface area (Å²) in [5.74, 6) is -0.268. The molecular weight excluding hydrogens is 495 g/mol. The molecule has 176 valence electrons. The molecule has 0 aliphatic rings. The van der Waals surface area contributed by atoms with Crippen LogP contribution in [-0.2, 0) is 0 Å². The summed E-state index contributed by atoms with van der Waals surface area (Å²) < 4.78 is 28.0. The molecule has 0 bridgehead atoms. The number of hydrogen-bond acceptors (Lipinski definition) is 7. The van der Waals surface area contributed by atoms with Gasteiger partial charge in [0.15, 0.2) is 11.6 Å². The molecule has 3 N–H and O–H groups in total. The minimum atomic E-state index is -0.513. The van der Waals surface area contributed by atoms with Crippen LogP contribution >= 0.6 is 23.2 Å². The van der Waals surface area contributed by atoms with E-state index in [4.69, 9.17) is 23.2 Å². The molecule has 0 amide bonds. The SMILES string of the molecule is Fc1cccc(Cl)c1C=NNc1cc(NN=Cc2c(F)cccc2Cl)nc(Nc2ccccc2)n1. The summed E-state index contributed by atoms with van der Waals surface area (Å²) in [4.78, 5) is 8.70. The molecule has 0 atom stereocenters. The summed E-state index contributed by atoms with van der Waals surface area (Å²) in [5.41, 5.74) is 6.45. The van der Waals surface area contributed by atoms with Gasteiger partial charge in [0.25, 0.3) is 0 Å². The van der Waals surface area contributed by atoms with Crippen molar-refractivity contribution in [1.82, 2.24) is 9.97 Å². The van der Waals surface area contributed by atoms with Gasteiger partial charge in [-0.15, -0.1) is 0 Å². The first-order chi connectivity index (χ1) is 17.0. The fraction of sp³-hybridized carbons (Fsp3) is 0. The molecule has 1 aromatic heterocycles. The van der Waals surface area contributed by atoms with E-state index >= 15 is 0 Å². The Bertz CT molecular complexity index is 1260. The van der Waals surface area contributed by atoms with Crippen LogP contribution in [0.3, 0.4) is 0 Å². The lowest BCUT2D eigenvalue weighted by atomic mass is 10.2. The number of nitrogens with zero attached hydrogens (tertiary/aromatic N) is 4. The van der Waals surface area contributed by atoms with Crippen molar-refractivity contribution in [1.29, 1.82) is 0 Å². The van der Waals surface area contributed by atoms with Gasteiger partial charge in [0.1, 0.15) is 11.6 Å². The van der Waals surface area contributed by atoms with E-state index in [-0.39, 0.29) is 38.8 Å². The summed E-state index contributed by atoms with van der Waals surface area (Å²) in [6.07, 6.45) is 2.49. The summed E-state index contributed by atoms with van der Waals surface area (Å²) in [5, 5.41) is 11.5. The molecule has 0 radical (unpaired) electrons. The topological polar surface area (TPSA) is 86.6 Å². The van der Waals surface area contributed by atoms with Crippen molar-refractivity contribution in [2.75, 3.05) is 16.2 Å². The minimum Gasteiger partial charge on any atom is -0.324 e. The molecule has 0 aliphatic carbocycles. The molecule has 0 saturated carbocycles. The lowest BCUT2D eigenvalue weighted by Gasteiger charge is -2.09. The molecule has 4 rings (SSSR count). The van der Waals surface area contributed by atoms with E-state index in [1.54, 1.807) is 12.1 Å². The van der Waals surface area contributed by atoms with Crippen molar-refractivity contribution in [3.8, 4) is 0 Å². The van der Waals surface area contributed by atoms with Gasteiger partial charge in [-0.2, -0.15) is 20.2 Å².